The maximum atomic E-state index is 11.9. The van der Waals surface area contributed by atoms with Gasteiger partial charge in [0.05, 0.1) is 6.61 Å². The summed E-state index contributed by atoms with van der Waals surface area (Å²) in [6.45, 7) is 3.83. The predicted octanol–water partition coefficient (Wildman–Crippen LogP) is 2.84. The molecule has 1 aromatic carbocycles. The van der Waals surface area contributed by atoms with Crippen LogP contribution in [0, 0.1) is 0 Å². The minimum absolute atomic E-state index is 0.112. The molecule has 0 radical (unpaired) electrons. The number of hydrogen-bond acceptors (Lipinski definition) is 4. The van der Waals surface area contributed by atoms with Crippen LogP contribution in [-0.2, 0) is 16.0 Å². The molecule has 0 saturated heterocycles. The summed E-state index contributed by atoms with van der Waals surface area (Å²) in [5, 5.41) is 0. The van der Waals surface area contributed by atoms with Gasteiger partial charge < -0.3 is 14.7 Å². The van der Waals surface area contributed by atoms with Crippen molar-refractivity contribution in [3.8, 4) is 11.3 Å². The lowest BCUT2D eigenvalue weighted by Gasteiger charge is -2.04. The van der Waals surface area contributed by atoms with E-state index in [0.717, 1.165) is 18.9 Å². The molecule has 0 unspecified atom stereocenters. The zero-order chi connectivity index (χ0) is 17.5. The average Bonchev–Trinajstić information content (AvgIpc) is 2.56. The van der Waals surface area contributed by atoms with E-state index in [2.05, 4.69) is 11.7 Å². The Hall–Kier alpha value is -2.98. The molecule has 0 N–H and O–H groups in total. The van der Waals surface area contributed by atoms with Crippen molar-refractivity contribution in [2.45, 2.75) is 26.7 Å². The van der Waals surface area contributed by atoms with Gasteiger partial charge in [-0.25, -0.2) is 4.79 Å². The molecule has 1 aromatic heterocycles. The summed E-state index contributed by atoms with van der Waals surface area (Å²) in [6, 6.07) is 10.00. The second kappa shape index (κ2) is 8.04. The van der Waals surface area contributed by atoms with Crippen molar-refractivity contribution in [2.24, 2.45) is 0 Å². The van der Waals surface area contributed by atoms with Crippen LogP contribution in [0.5, 0.6) is 0 Å². The van der Waals surface area contributed by atoms with Crippen LogP contribution in [0.2, 0.25) is 0 Å². The van der Waals surface area contributed by atoms with E-state index >= 15 is 0 Å². The lowest BCUT2D eigenvalue weighted by Crippen LogP contribution is -2.21. The molecule has 0 aliphatic rings. The minimum atomic E-state index is -0.862. The molecule has 0 spiro atoms. The summed E-state index contributed by atoms with van der Waals surface area (Å²) in [7, 11) is 0. The van der Waals surface area contributed by atoms with Gasteiger partial charge in [-0.2, -0.15) is 4.79 Å². The number of hydrogen-bond donors (Lipinski definition) is 0. The van der Waals surface area contributed by atoms with E-state index in [1.54, 1.807) is 6.92 Å². The fourth-order valence-corrected chi connectivity index (χ4v) is 2.25. The van der Waals surface area contributed by atoms with Gasteiger partial charge >= 0.3 is 11.7 Å². The van der Waals surface area contributed by atoms with Crippen LogP contribution < -0.4 is 5.43 Å². The highest BCUT2D eigenvalue weighted by Crippen LogP contribution is 2.20. The number of esters is 1. The van der Waals surface area contributed by atoms with Crippen LogP contribution in [0.15, 0.2) is 45.6 Å². The van der Waals surface area contributed by atoms with Gasteiger partial charge in [-0.1, -0.05) is 37.6 Å². The van der Waals surface area contributed by atoms with Crippen LogP contribution >= 0.6 is 0 Å². The molecule has 124 valence electrons. The van der Waals surface area contributed by atoms with Crippen LogP contribution in [0.1, 0.15) is 31.6 Å². The summed E-state index contributed by atoms with van der Waals surface area (Å²) in [5.41, 5.74) is 10.1. The summed E-state index contributed by atoms with van der Waals surface area (Å²) >= 11 is 0. The van der Waals surface area contributed by atoms with Crippen LogP contribution in [0.25, 0.3) is 16.9 Å². The molecule has 6 nitrogen and oxygen atoms in total. The monoisotopic (exact) mass is 326 g/mol. The van der Waals surface area contributed by atoms with Gasteiger partial charge in [0.2, 0.25) is 5.76 Å². The molecular weight excluding hydrogens is 308 g/mol. The second-order valence-electron chi connectivity index (χ2n) is 5.14. The Morgan fingerprint density at radius 1 is 1.21 bits per heavy atom. The Morgan fingerprint density at radius 2 is 1.92 bits per heavy atom. The van der Waals surface area contributed by atoms with Crippen molar-refractivity contribution in [3.05, 3.63) is 63.5 Å². The Kier molecular flexibility index (Phi) is 5.82. The van der Waals surface area contributed by atoms with Crippen molar-refractivity contribution >= 4 is 11.7 Å². The predicted molar refractivity (Wildman–Crippen MR) is 88.8 cm³/mol. The zero-order valence-corrected chi connectivity index (χ0v) is 13.6. The van der Waals surface area contributed by atoms with Crippen molar-refractivity contribution in [1.29, 1.82) is 0 Å². The van der Waals surface area contributed by atoms with E-state index in [1.165, 1.54) is 11.6 Å². The molecule has 0 bridgehead atoms. The quantitative estimate of drug-likeness (QED) is 0.353. The first-order chi connectivity index (χ1) is 11.6. The molecule has 2 aromatic rings. The lowest BCUT2D eigenvalue weighted by molar-refractivity contribution is -0.139. The molecule has 0 amide bonds. The SMILES string of the molecule is CCCc1ccc(-c2cc(=O)cc(C(=[N+]=[N-])C(=O)OCC)o2)cc1. The number of carbonyl (C=O) groups excluding carboxylic acids is 1. The zero-order valence-electron chi connectivity index (χ0n) is 13.6. The van der Waals surface area contributed by atoms with Crippen molar-refractivity contribution in [1.82, 2.24) is 0 Å². The first kappa shape index (κ1) is 17.4. The molecule has 0 aliphatic carbocycles. The van der Waals surface area contributed by atoms with Gasteiger partial charge in [-0.3, -0.25) is 4.79 Å². The number of ether oxygens (including phenoxy) is 1. The summed E-state index contributed by atoms with van der Waals surface area (Å²) in [6.07, 6.45) is 2.01. The largest absolute Gasteiger partial charge is 0.457 e. The van der Waals surface area contributed by atoms with Crippen molar-refractivity contribution in [3.63, 3.8) is 0 Å². The molecule has 6 heteroatoms. The molecule has 0 saturated carbocycles. The fourth-order valence-electron chi connectivity index (χ4n) is 2.25. The van der Waals surface area contributed by atoms with E-state index in [0.29, 0.717) is 5.56 Å². The number of nitrogens with zero attached hydrogens (tertiary/aromatic N) is 2. The molecule has 0 atom stereocenters. The molecule has 1 heterocycles. The standard InChI is InChI=1S/C18H18N2O4/c1-3-5-12-6-8-13(9-7-12)15-10-14(21)11-16(24-15)17(20-19)18(22)23-4-2/h6-11H,3-5H2,1-2H3. The molecule has 2 rings (SSSR count). The maximum Gasteiger partial charge on any atom is 0.441 e. The Balaban J connectivity index is 2.43. The highest BCUT2D eigenvalue weighted by molar-refractivity contribution is 6.39. The van der Waals surface area contributed by atoms with Crippen LogP contribution in [0.4, 0.5) is 0 Å². The van der Waals surface area contributed by atoms with Gasteiger partial charge in [0, 0.05) is 17.7 Å². The third-order valence-electron chi connectivity index (χ3n) is 3.35. The summed E-state index contributed by atoms with van der Waals surface area (Å²) in [4.78, 5) is 26.6. The Morgan fingerprint density at radius 3 is 2.50 bits per heavy atom. The number of rotatable bonds is 6. The van der Waals surface area contributed by atoms with Crippen LogP contribution in [-0.4, -0.2) is 23.1 Å². The number of carbonyl (C=O) groups is 1. The Bertz CT molecular complexity index is 831. The van der Waals surface area contributed by atoms with Gasteiger partial charge in [0.15, 0.2) is 5.43 Å². The topological polar surface area (TPSA) is 92.9 Å². The van der Waals surface area contributed by atoms with Gasteiger partial charge in [-0.15, -0.1) is 0 Å². The fraction of sp³-hybridized carbons (Fsp3) is 0.278. The highest BCUT2D eigenvalue weighted by atomic mass is 16.5. The number of aryl methyl sites for hydroxylation is 1. The molecule has 0 fully saturated rings. The smallest absolute Gasteiger partial charge is 0.441 e. The summed E-state index contributed by atoms with van der Waals surface area (Å²) < 4.78 is 10.4. The van der Waals surface area contributed by atoms with Gasteiger partial charge in [-0.05, 0) is 18.9 Å². The van der Waals surface area contributed by atoms with Gasteiger partial charge in [0.1, 0.15) is 5.76 Å². The van der Waals surface area contributed by atoms with E-state index in [9.17, 15) is 9.59 Å². The molecular formula is C18H18N2O4. The normalized spacial score (nSPS) is 10.1. The van der Waals surface area contributed by atoms with Gasteiger partial charge in [0.25, 0.3) is 0 Å². The number of benzene rings is 1. The second-order valence-corrected chi connectivity index (χ2v) is 5.14. The van der Waals surface area contributed by atoms with E-state index in [1.807, 2.05) is 24.3 Å². The van der Waals surface area contributed by atoms with Crippen molar-refractivity contribution in [2.75, 3.05) is 6.61 Å². The Labute approximate surface area is 139 Å². The summed E-state index contributed by atoms with van der Waals surface area (Å²) in [5.74, 6) is -0.722. The lowest BCUT2D eigenvalue weighted by atomic mass is 10.1. The average molecular weight is 326 g/mol. The minimum Gasteiger partial charge on any atom is -0.457 e. The first-order valence-corrected chi connectivity index (χ1v) is 7.73. The molecule has 24 heavy (non-hydrogen) atoms. The third-order valence-corrected chi connectivity index (χ3v) is 3.35. The molecule has 0 aliphatic heterocycles. The third kappa shape index (κ3) is 4.06. The van der Waals surface area contributed by atoms with E-state index in [4.69, 9.17) is 14.7 Å². The van der Waals surface area contributed by atoms with E-state index in [-0.39, 0.29) is 23.6 Å². The first-order valence-electron chi connectivity index (χ1n) is 7.73. The maximum absolute atomic E-state index is 11.9. The van der Waals surface area contributed by atoms with Crippen molar-refractivity contribution < 1.29 is 18.7 Å². The highest BCUT2D eigenvalue weighted by Gasteiger charge is 2.28. The van der Waals surface area contributed by atoms with E-state index < -0.39 is 11.7 Å². The van der Waals surface area contributed by atoms with Crippen LogP contribution in [0.3, 0.4) is 0 Å².